The molecule has 0 saturated heterocycles. The third-order valence-corrected chi connectivity index (χ3v) is 7.75. The van der Waals surface area contributed by atoms with Crippen LogP contribution in [0.3, 0.4) is 0 Å². The van der Waals surface area contributed by atoms with Gasteiger partial charge in [0.2, 0.25) is 5.91 Å². The van der Waals surface area contributed by atoms with Crippen molar-refractivity contribution in [1.29, 1.82) is 0 Å². The number of nitrogens with one attached hydrogen (secondary N) is 1. The van der Waals surface area contributed by atoms with Crippen LogP contribution in [-0.2, 0) is 24.2 Å². The van der Waals surface area contributed by atoms with Crippen LogP contribution >= 0.6 is 0 Å². The number of aromatic nitrogens is 2. The number of amides is 1. The number of aryl methyl sites for hydroxylation is 2. The molecule has 0 aliphatic carbocycles. The molecule has 1 N–H and O–H groups in total. The van der Waals surface area contributed by atoms with Crippen LogP contribution in [0.15, 0.2) is 48.5 Å². The molecule has 1 amide bonds. The normalized spacial score (nSPS) is 11.3. The molecule has 1 heterocycles. The molecule has 38 heavy (non-hydrogen) atoms. The van der Waals surface area contributed by atoms with Gasteiger partial charge in [-0.2, -0.15) is 0 Å². The molecule has 208 valence electrons. The monoisotopic (exact) mass is 517 g/mol. The average Bonchev–Trinajstić information content (AvgIpc) is 3.27. The van der Waals surface area contributed by atoms with Gasteiger partial charge in [0.05, 0.1) is 17.5 Å². The largest absolute Gasteiger partial charge is 0.355 e. The number of unbranched alkanes of at least 4 members (excludes halogenated alkanes) is 13. The Morgan fingerprint density at radius 3 is 2.00 bits per heavy atom. The van der Waals surface area contributed by atoms with Crippen molar-refractivity contribution in [2.75, 3.05) is 6.54 Å². The van der Waals surface area contributed by atoms with E-state index in [-0.39, 0.29) is 5.91 Å². The summed E-state index contributed by atoms with van der Waals surface area (Å²) in [4.78, 5) is 17.4. The molecule has 3 aromatic rings. The summed E-state index contributed by atoms with van der Waals surface area (Å²) >= 11 is 0. The maximum Gasteiger partial charge on any atom is 0.224 e. The second kappa shape index (κ2) is 17.8. The van der Waals surface area contributed by atoms with Crippen LogP contribution in [0.4, 0.5) is 0 Å². The van der Waals surface area contributed by atoms with Gasteiger partial charge in [-0.05, 0) is 36.6 Å². The van der Waals surface area contributed by atoms with Crippen molar-refractivity contribution in [1.82, 2.24) is 14.9 Å². The zero-order valence-corrected chi connectivity index (χ0v) is 24.1. The Morgan fingerprint density at radius 1 is 0.763 bits per heavy atom. The number of para-hydroxylation sites is 2. The first-order chi connectivity index (χ1) is 18.7. The molecule has 0 atom stereocenters. The molecule has 0 fully saturated rings. The number of hydrogen-bond acceptors (Lipinski definition) is 2. The van der Waals surface area contributed by atoms with E-state index in [2.05, 4.69) is 54.1 Å². The second-order valence-corrected chi connectivity index (χ2v) is 11.0. The summed E-state index contributed by atoms with van der Waals surface area (Å²) in [5.74, 6) is 1.16. The van der Waals surface area contributed by atoms with Crippen molar-refractivity contribution in [3.8, 4) is 0 Å². The summed E-state index contributed by atoms with van der Waals surface area (Å²) in [6.45, 7) is 5.97. The maximum absolute atomic E-state index is 12.5. The summed E-state index contributed by atoms with van der Waals surface area (Å²) in [5.41, 5.74) is 4.52. The zero-order chi connectivity index (χ0) is 26.8. The van der Waals surface area contributed by atoms with Gasteiger partial charge < -0.3 is 9.88 Å². The van der Waals surface area contributed by atoms with E-state index >= 15 is 0 Å². The lowest BCUT2D eigenvalue weighted by Crippen LogP contribution is -2.28. The van der Waals surface area contributed by atoms with Crippen molar-refractivity contribution in [2.45, 2.75) is 123 Å². The molecule has 1 aromatic heterocycles. The first-order valence-corrected chi connectivity index (χ1v) is 15.4. The Labute approximate surface area is 231 Å². The van der Waals surface area contributed by atoms with Crippen LogP contribution in [-0.4, -0.2) is 22.0 Å². The summed E-state index contributed by atoms with van der Waals surface area (Å²) in [7, 11) is 0. The maximum atomic E-state index is 12.5. The van der Waals surface area contributed by atoms with Gasteiger partial charge in [0, 0.05) is 19.5 Å². The molecule has 4 nitrogen and oxygen atoms in total. The highest BCUT2D eigenvalue weighted by Crippen LogP contribution is 2.19. The summed E-state index contributed by atoms with van der Waals surface area (Å²) in [5, 5.41) is 3.11. The Morgan fingerprint density at radius 2 is 1.34 bits per heavy atom. The van der Waals surface area contributed by atoms with Gasteiger partial charge >= 0.3 is 0 Å². The highest BCUT2D eigenvalue weighted by molar-refractivity contribution is 5.79. The lowest BCUT2D eigenvalue weighted by Gasteiger charge is -2.11. The standard InChI is InChI=1S/C34H51N3O/c1-3-4-5-6-7-8-9-10-11-12-13-14-15-20-27-37-32-24-19-18-23-31(32)36-33(37)25-26-35-34(38)28-30-22-17-16-21-29(30)2/h16-19,21-24H,3-15,20,25-28H2,1-2H3,(H,35,38). The molecule has 2 aromatic carbocycles. The minimum Gasteiger partial charge on any atom is -0.355 e. The number of imidazole rings is 1. The van der Waals surface area contributed by atoms with Crippen molar-refractivity contribution in [3.05, 3.63) is 65.5 Å². The van der Waals surface area contributed by atoms with E-state index in [0.29, 0.717) is 13.0 Å². The minimum atomic E-state index is 0.0777. The van der Waals surface area contributed by atoms with Crippen LogP contribution in [0.5, 0.6) is 0 Å². The predicted octanol–water partition coefficient (Wildman–Crippen LogP) is 8.73. The molecular weight excluding hydrogens is 466 g/mol. The predicted molar refractivity (Wildman–Crippen MR) is 162 cm³/mol. The first-order valence-electron chi connectivity index (χ1n) is 15.4. The van der Waals surface area contributed by atoms with E-state index in [1.54, 1.807) is 0 Å². The molecule has 0 unspecified atom stereocenters. The summed E-state index contributed by atoms with van der Waals surface area (Å²) < 4.78 is 2.38. The Kier molecular flexibility index (Phi) is 14.0. The highest BCUT2D eigenvalue weighted by atomic mass is 16.1. The number of fused-ring (bicyclic) bond motifs is 1. The quantitative estimate of drug-likeness (QED) is 0.152. The van der Waals surface area contributed by atoms with Crippen LogP contribution in [0.2, 0.25) is 0 Å². The number of nitrogens with zero attached hydrogens (tertiary/aromatic N) is 2. The smallest absolute Gasteiger partial charge is 0.224 e. The highest BCUT2D eigenvalue weighted by Gasteiger charge is 2.11. The number of carbonyl (C=O) groups is 1. The molecule has 3 rings (SSSR count). The Hall–Kier alpha value is -2.62. The van der Waals surface area contributed by atoms with Crippen molar-refractivity contribution >= 4 is 16.9 Å². The molecule has 4 heteroatoms. The molecule has 0 spiro atoms. The molecule has 0 aliphatic rings. The number of hydrogen-bond donors (Lipinski definition) is 1. The van der Waals surface area contributed by atoms with Crippen LogP contribution < -0.4 is 5.32 Å². The summed E-state index contributed by atoms with van der Waals surface area (Å²) in [6.07, 6.45) is 20.5. The second-order valence-electron chi connectivity index (χ2n) is 11.0. The van der Waals surface area contributed by atoms with Gasteiger partial charge in [0.15, 0.2) is 0 Å². The fourth-order valence-corrected chi connectivity index (χ4v) is 5.39. The minimum absolute atomic E-state index is 0.0777. The first kappa shape index (κ1) is 29.9. The summed E-state index contributed by atoms with van der Waals surface area (Å²) in [6, 6.07) is 16.5. The third-order valence-electron chi connectivity index (χ3n) is 7.75. The topological polar surface area (TPSA) is 46.9 Å². The van der Waals surface area contributed by atoms with Crippen molar-refractivity contribution < 1.29 is 4.79 Å². The Balaban J connectivity index is 1.33. The van der Waals surface area contributed by atoms with Crippen molar-refractivity contribution in [3.63, 3.8) is 0 Å². The van der Waals surface area contributed by atoms with Crippen LogP contribution in [0, 0.1) is 6.92 Å². The zero-order valence-electron chi connectivity index (χ0n) is 24.1. The molecule has 0 aliphatic heterocycles. The molecule has 0 bridgehead atoms. The number of benzene rings is 2. The third kappa shape index (κ3) is 10.6. The lowest BCUT2D eigenvalue weighted by molar-refractivity contribution is -0.120. The fraction of sp³-hybridized carbons (Fsp3) is 0.588. The van der Waals surface area contributed by atoms with E-state index in [9.17, 15) is 4.79 Å². The van der Waals surface area contributed by atoms with Crippen LogP contribution in [0.25, 0.3) is 11.0 Å². The van der Waals surface area contributed by atoms with Gasteiger partial charge in [0.25, 0.3) is 0 Å². The number of rotatable bonds is 20. The average molecular weight is 518 g/mol. The van der Waals surface area contributed by atoms with Crippen molar-refractivity contribution in [2.24, 2.45) is 0 Å². The van der Waals surface area contributed by atoms with E-state index < -0.39 is 0 Å². The lowest BCUT2D eigenvalue weighted by atomic mass is 10.0. The van der Waals surface area contributed by atoms with Gasteiger partial charge in [-0.3, -0.25) is 4.79 Å². The van der Waals surface area contributed by atoms with Gasteiger partial charge in [-0.1, -0.05) is 127 Å². The fourth-order valence-electron chi connectivity index (χ4n) is 5.39. The molecule has 0 radical (unpaired) electrons. The van der Waals surface area contributed by atoms with E-state index in [0.717, 1.165) is 35.4 Å². The number of carbonyl (C=O) groups excluding carboxylic acids is 1. The SMILES string of the molecule is CCCCCCCCCCCCCCCCn1c(CCNC(=O)Cc2ccccc2C)nc2ccccc21. The molecule has 0 saturated carbocycles. The van der Waals surface area contributed by atoms with Gasteiger partial charge in [-0.25, -0.2) is 4.98 Å². The van der Waals surface area contributed by atoms with Gasteiger partial charge in [-0.15, -0.1) is 0 Å². The van der Waals surface area contributed by atoms with E-state index in [1.165, 1.54) is 95.4 Å². The van der Waals surface area contributed by atoms with Gasteiger partial charge in [0.1, 0.15) is 5.82 Å². The molecular formula is C34H51N3O. The van der Waals surface area contributed by atoms with E-state index in [4.69, 9.17) is 4.98 Å². The van der Waals surface area contributed by atoms with Crippen LogP contribution in [0.1, 0.15) is 114 Å². The van der Waals surface area contributed by atoms with E-state index in [1.807, 2.05) is 18.2 Å². The Bertz CT molecular complexity index is 1070.